The van der Waals surface area contributed by atoms with E-state index in [1.807, 2.05) is 27.0 Å². The van der Waals surface area contributed by atoms with Crippen molar-refractivity contribution in [1.82, 2.24) is 10.1 Å². The lowest BCUT2D eigenvalue weighted by atomic mass is 10.0. The highest BCUT2D eigenvalue weighted by Gasteiger charge is 2.47. The van der Waals surface area contributed by atoms with Gasteiger partial charge >= 0.3 is 0 Å². The molecule has 1 heterocycles. The summed E-state index contributed by atoms with van der Waals surface area (Å²) in [5.74, 6) is 0.755. The van der Waals surface area contributed by atoms with E-state index in [1.54, 1.807) is 0 Å². The summed E-state index contributed by atoms with van der Waals surface area (Å²) < 4.78 is 5.14. The largest absolute Gasteiger partial charge is 0.357 e. The zero-order chi connectivity index (χ0) is 12.2. The second-order valence-electron chi connectivity index (χ2n) is 4.34. The van der Waals surface area contributed by atoms with Crippen molar-refractivity contribution < 1.29 is 4.52 Å². The van der Waals surface area contributed by atoms with E-state index in [-0.39, 0.29) is 5.41 Å². The van der Waals surface area contributed by atoms with Crippen molar-refractivity contribution >= 4 is 5.88 Å². The Bertz CT molecular complexity index is 316. The van der Waals surface area contributed by atoms with Gasteiger partial charge in [-0.2, -0.15) is 0 Å². The first-order valence-electron chi connectivity index (χ1n) is 5.96. The lowest BCUT2D eigenvalue weighted by molar-refractivity contribution is 0.344. The molecule has 16 heavy (non-hydrogen) atoms. The van der Waals surface area contributed by atoms with Gasteiger partial charge in [-0.25, -0.2) is 0 Å². The highest BCUT2D eigenvalue weighted by molar-refractivity contribution is 5.36. The fourth-order valence-electron chi connectivity index (χ4n) is 1.89. The van der Waals surface area contributed by atoms with Crippen LogP contribution in [0.5, 0.6) is 0 Å². The molecule has 4 nitrogen and oxygen atoms in total. The van der Waals surface area contributed by atoms with Gasteiger partial charge in [-0.05, 0) is 26.9 Å². The average molecular weight is 225 g/mol. The number of aromatic nitrogens is 1. The SMILES string of the molecule is CC.CNc1cc(C2(CN(C)C)CC2)no1. The number of nitrogens with one attached hydrogen (secondary N) is 1. The number of hydrogen-bond acceptors (Lipinski definition) is 4. The van der Waals surface area contributed by atoms with Crippen LogP contribution in [0.2, 0.25) is 0 Å². The minimum absolute atomic E-state index is 0.266. The monoisotopic (exact) mass is 225 g/mol. The molecule has 0 bridgehead atoms. The summed E-state index contributed by atoms with van der Waals surface area (Å²) in [7, 11) is 6.04. The van der Waals surface area contributed by atoms with Crippen LogP contribution in [-0.4, -0.2) is 37.7 Å². The third kappa shape index (κ3) is 2.76. The normalized spacial score (nSPS) is 16.6. The van der Waals surface area contributed by atoms with Crippen LogP contribution in [0.4, 0.5) is 5.88 Å². The van der Waals surface area contributed by atoms with Crippen molar-refractivity contribution in [3.8, 4) is 0 Å². The molecule has 0 saturated heterocycles. The molecule has 0 radical (unpaired) electrons. The molecule has 0 aliphatic heterocycles. The van der Waals surface area contributed by atoms with E-state index in [9.17, 15) is 0 Å². The summed E-state index contributed by atoms with van der Waals surface area (Å²) in [4.78, 5) is 2.21. The fourth-order valence-corrected chi connectivity index (χ4v) is 1.89. The molecular formula is C12H23N3O. The maximum absolute atomic E-state index is 5.14. The summed E-state index contributed by atoms with van der Waals surface area (Å²) in [6.07, 6.45) is 2.45. The molecule has 1 aromatic rings. The van der Waals surface area contributed by atoms with E-state index in [0.29, 0.717) is 0 Å². The zero-order valence-electron chi connectivity index (χ0n) is 11.0. The molecule has 2 rings (SSSR count). The second-order valence-corrected chi connectivity index (χ2v) is 4.34. The van der Waals surface area contributed by atoms with Crippen molar-refractivity contribution in [3.63, 3.8) is 0 Å². The van der Waals surface area contributed by atoms with Gasteiger partial charge in [-0.15, -0.1) is 0 Å². The van der Waals surface area contributed by atoms with Gasteiger partial charge in [-0.1, -0.05) is 19.0 Å². The molecule has 92 valence electrons. The Balaban J connectivity index is 0.000000606. The van der Waals surface area contributed by atoms with E-state index in [2.05, 4.69) is 29.5 Å². The Morgan fingerprint density at radius 2 is 2.06 bits per heavy atom. The molecule has 1 aliphatic rings. The van der Waals surface area contributed by atoms with E-state index < -0.39 is 0 Å². The summed E-state index contributed by atoms with van der Waals surface area (Å²) in [6, 6.07) is 2.01. The number of rotatable bonds is 4. The third-order valence-corrected chi connectivity index (χ3v) is 2.77. The Morgan fingerprint density at radius 1 is 1.44 bits per heavy atom. The van der Waals surface area contributed by atoms with Crippen molar-refractivity contribution in [2.75, 3.05) is 33.0 Å². The quantitative estimate of drug-likeness (QED) is 0.854. The Labute approximate surface area is 98.0 Å². The van der Waals surface area contributed by atoms with Gasteiger partial charge in [0, 0.05) is 25.1 Å². The molecule has 1 fully saturated rings. The van der Waals surface area contributed by atoms with Gasteiger partial charge in [0.2, 0.25) is 5.88 Å². The second kappa shape index (κ2) is 5.34. The standard InChI is InChI=1S/C10H17N3O.C2H6/c1-11-9-6-8(12-14-9)10(4-5-10)7-13(2)3;1-2/h6,11H,4-5,7H2,1-3H3;1-2H3. The van der Waals surface area contributed by atoms with Gasteiger partial charge in [0.15, 0.2) is 0 Å². The Kier molecular flexibility index (Phi) is 4.35. The lowest BCUT2D eigenvalue weighted by Gasteiger charge is -2.17. The molecule has 1 N–H and O–H groups in total. The molecule has 0 aromatic carbocycles. The Morgan fingerprint density at radius 3 is 2.44 bits per heavy atom. The van der Waals surface area contributed by atoms with Gasteiger partial charge in [-0.3, -0.25) is 0 Å². The Hall–Kier alpha value is -1.03. The first-order chi connectivity index (χ1) is 7.66. The highest BCUT2D eigenvalue weighted by Crippen LogP contribution is 2.48. The maximum Gasteiger partial charge on any atom is 0.224 e. The molecule has 1 aromatic heterocycles. The topological polar surface area (TPSA) is 41.3 Å². The third-order valence-electron chi connectivity index (χ3n) is 2.77. The number of anilines is 1. The predicted octanol–water partition coefficient (Wildman–Crippen LogP) is 2.34. The van der Waals surface area contributed by atoms with Crippen LogP contribution >= 0.6 is 0 Å². The first kappa shape index (κ1) is 13.0. The fraction of sp³-hybridized carbons (Fsp3) is 0.750. The zero-order valence-corrected chi connectivity index (χ0v) is 11.0. The molecule has 4 heteroatoms. The molecule has 1 aliphatic carbocycles. The van der Waals surface area contributed by atoms with Crippen LogP contribution in [-0.2, 0) is 5.41 Å². The summed E-state index contributed by atoms with van der Waals surface area (Å²) in [5, 5.41) is 7.07. The molecule has 0 unspecified atom stereocenters. The number of nitrogens with zero attached hydrogens (tertiary/aromatic N) is 2. The van der Waals surface area contributed by atoms with Crippen molar-refractivity contribution in [1.29, 1.82) is 0 Å². The maximum atomic E-state index is 5.14. The molecule has 1 saturated carbocycles. The first-order valence-corrected chi connectivity index (χ1v) is 5.96. The van der Waals surface area contributed by atoms with Crippen LogP contribution in [0, 0.1) is 0 Å². The van der Waals surface area contributed by atoms with Crippen LogP contribution in [0.1, 0.15) is 32.4 Å². The minimum Gasteiger partial charge on any atom is -0.357 e. The average Bonchev–Trinajstić information content (AvgIpc) is 2.88. The van der Waals surface area contributed by atoms with Crippen LogP contribution in [0.15, 0.2) is 10.6 Å². The van der Waals surface area contributed by atoms with Crippen LogP contribution in [0.3, 0.4) is 0 Å². The van der Waals surface area contributed by atoms with Gasteiger partial charge in [0.1, 0.15) is 0 Å². The summed E-state index contributed by atoms with van der Waals surface area (Å²) >= 11 is 0. The van der Waals surface area contributed by atoms with Gasteiger partial charge < -0.3 is 14.7 Å². The molecule has 0 spiro atoms. The van der Waals surface area contributed by atoms with E-state index in [4.69, 9.17) is 4.52 Å². The van der Waals surface area contributed by atoms with E-state index >= 15 is 0 Å². The van der Waals surface area contributed by atoms with Crippen molar-refractivity contribution in [2.24, 2.45) is 0 Å². The molecule has 0 atom stereocenters. The van der Waals surface area contributed by atoms with Crippen molar-refractivity contribution in [2.45, 2.75) is 32.1 Å². The van der Waals surface area contributed by atoms with Gasteiger partial charge in [0.25, 0.3) is 0 Å². The lowest BCUT2D eigenvalue weighted by Crippen LogP contribution is -2.26. The smallest absolute Gasteiger partial charge is 0.224 e. The predicted molar refractivity (Wildman–Crippen MR) is 66.9 cm³/mol. The number of hydrogen-bond donors (Lipinski definition) is 1. The van der Waals surface area contributed by atoms with Gasteiger partial charge in [0.05, 0.1) is 5.69 Å². The highest BCUT2D eigenvalue weighted by atomic mass is 16.5. The van der Waals surface area contributed by atoms with Crippen LogP contribution in [0.25, 0.3) is 0 Å². The van der Waals surface area contributed by atoms with E-state index in [0.717, 1.165) is 18.1 Å². The number of likely N-dealkylation sites (N-methyl/N-ethyl adjacent to an activating group) is 1. The minimum atomic E-state index is 0.266. The molecule has 0 amide bonds. The molecular weight excluding hydrogens is 202 g/mol. The summed E-state index contributed by atoms with van der Waals surface area (Å²) in [5.41, 5.74) is 1.36. The van der Waals surface area contributed by atoms with Crippen LogP contribution < -0.4 is 5.32 Å². The van der Waals surface area contributed by atoms with E-state index in [1.165, 1.54) is 12.8 Å². The summed E-state index contributed by atoms with van der Waals surface area (Å²) in [6.45, 7) is 5.06. The van der Waals surface area contributed by atoms with Crippen molar-refractivity contribution in [3.05, 3.63) is 11.8 Å².